The summed E-state index contributed by atoms with van der Waals surface area (Å²) in [4.78, 5) is 10.9. The number of ether oxygens (including phenoxy) is 1. The van der Waals surface area contributed by atoms with Crippen LogP contribution in [0.1, 0.15) is 24.0 Å². The zero-order valence-corrected chi connectivity index (χ0v) is 9.80. The number of halogens is 1. The first-order valence-corrected chi connectivity index (χ1v) is 5.33. The van der Waals surface area contributed by atoms with Crippen molar-refractivity contribution in [2.24, 2.45) is 0 Å². The minimum absolute atomic E-state index is 0.152. The van der Waals surface area contributed by atoms with Gasteiger partial charge in [0.1, 0.15) is 0 Å². The quantitative estimate of drug-likeness (QED) is 0.738. The largest absolute Gasteiger partial charge is 0.469 e. The molecule has 0 N–H and O–H groups in total. The van der Waals surface area contributed by atoms with Gasteiger partial charge in [-0.15, -0.1) is 0 Å². The Hall–Kier alpha value is -1.02. The van der Waals surface area contributed by atoms with E-state index in [2.05, 4.69) is 10.8 Å². The standard InChI is InChI=1S/C12H15ClO2/c1-9-8-10(6-7-11(9)13)4-3-5-12(14)15-2/h6-8H,3-5H2,1-2H3. The Balaban J connectivity index is 2.44. The monoisotopic (exact) mass is 226 g/mol. The fraction of sp³-hybridized carbons (Fsp3) is 0.417. The number of benzene rings is 1. The van der Waals surface area contributed by atoms with Crippen molar-refractivity contribution in [3.05, 3.63) is 34.3 Å². The Morgan fingerprint density at radius 2 is 2.20 bits per heavy atom. The van der Waals surface area contributed by atoms with Gasteiger partial charge in [0.05, 0.1) is 7.11 Å². The molecule has 0 atom stereocenters. The van der Waals surface area contributed by atoms with E-state index in [1.54, 1.807) is 0 Å². The van der Waals surface area contributed by atoms with E-state index < -0.39 is 0 Å². The van der Waals surface area contributed by atoms with Crippen LogP contribution in [-0.4, -0.2) is 13.1 Å². The smallest absolute Gasteiger partial charge is 0.305 e. The van der Waals surface area contributed by atoms with Crippen molar-refractivity contribution in [3.63, 3.8) is 0 Å². The summed E-state index contributed by atoms with van der Waals surface area (Å²) in [5, 5.41) is 0.784. The van der Waals surface area contributed by atoms with Crippen molar-refractivity contribution in [3.8, 4) is 0 Å². The van der Waals surface area contributed by atoms with Crippen molar-refractivity contribution in [2.75, 3.05) is 7.11 Å². The van der Waals surface area contributed by atoms with Gasteiger partial charge in [-0.05, 0) is 37.0 Å². The molecule has 0 heterocycles. The molecule has 3 heteroatoms. The van der Waals surface area contributed by atoms with Crippen molar-refractivity contribution < 1.29 is 9.53 Å². The molecule has 1 aromatic rings. The van der Waals surface area contributed by atoms with Crippen LogP contribution in [0.5, 0.6) is 0 Å². The zero-order chi connectivity index (χ0) is 11.3. The molecule has 82 valence electrons. The lowest BCUT2D eigenvalue weighted by Gasteiger charge is -2.03. The summed E-state index contributed by atoms with van der Waals surface area (Å²) in [5.74, 6) is -0.152. The van der Waals surface area contributed by atoms with Gasteiger partial charge in [0, 0.05) is 11.4 Å². The molecule has 0 aliphatic carbocycles. The highest BCUT2D eigenvalue weighted by Crippen LogP contribution is 2.17. The molecule has 2 nitrogen and oxygen atoms in total. The third-order valence-corrected chi connectivity index (χ3v) is 2.72. The van der Waals surface area contributed by atoms with Crippen molar-refractivity contribution >= 4 is 17.6 Å². The van der Waals surface area contributed by atoms with Crippen molar-refractivity contribution in [1.82, 2.24) is 0 Å². The summed E-state index contributed by atoms with van der Waals surface area (Å²) in [6.45, 7) is 1.98. The Labute approximate surface area is 95.2 Å². The minimum atomic E-state index is -0.152. The molecule has 0 unspecified atom stereocenters. The second kappa shape index (κ2) is 5.76. The number of methoxy groups -OCH3 is 1. The Bertz CT molecular complexity index is 347. The van der Waals surface area contributed by atoms with Crippen LogP contribution in [0.3, 0.4) is 0 Å². The Morgan fingerprint density at radius 1 is 1.47 bits per heavy atom. The van der Waals surface area contributed by atoms with Gasteiger partial charge in [0.25, 0.3) is 0 Å². The van der Waals surface area contributed by atoms with Crippen LogP contribution >= 0.6 is 11.6 Å². The molecule has 0 amide bonds. The number of carbonyl (C=O) groups is 1. The van der Waals surface area contributed by atoms with Gasteiger partial charge < -0.3 is 4.74 Å². The average Bonchev–Trinajstić information content (AvgIpc) is 2.23. The van der Waals surface area contributed by atoms with E-state index in [1.807, 2.05) is 19.1 Å². The van der Waals surface area contributed by atoms with Gasteiger partial charge in [-0.2, -0.15) is 0 Å². The van der Waals surface area contributed by atoms with Crippen LogP contribution in [0.4, 0.5) is 0 Å². The molecule has 0 saturated carbocycles. The third-order valence-electron chi connectivity index (χ3n) is 2.30. The van der Waals surface area contributed by atoms with Crippen LogP contribution < -0.4 is 0 Å². The summed E-state index contributed by atoms with van der Waals surface area (Å²) in [5.41, 5.74) is 2.29. The lowest BCUT2D eigenvalue weighted by atomic mass is 10.1. The van der Waals surface area contributed by atoms with Gasteiger partial charge in [0.15, 0.2) is 0 Å². The highest BCUT2D eigenvalue weighted by molar-refractivity contribution is 6.31. The highest BCUT2D eigenvalue weighted by Gasteiger charge is 2.01. The zero-order valence-electron chi connectivity index (χ0n) is 9.05. The van der Waals surface area contributed by atoms with Gasteiger partial charge in [0.2, 0.25) is 0 Å². The minimum Gasteiger partial charge on any atom is -0.469 e. The summed E-state index contributed by atoms with van der Waals surface area (Å²) >= 11 is 5.91. The van der Waals surface area contributed by atoms with E-state index in [9.17, 15) is 4.79 Å². The van der Waals surface area contributed by atoms with Gasteiger partial charge in [-0.3, -0.25) is 4.79 Å². The fourth-order valence-corrected chi connectivity index (χ4v) is 1.52. The maximum Gasteiger partial charge on any atom is 0.305 e. The molecule has 0 spiro atoms. The van der Waals surface area contributed by atoms with E-state index in [0.29, 0.717) is 6.42 Å². The topological polar surface area (TPSA) is 26.3 Å². The van der Waals surface area contributed by atoms with Crippen LogP contribution in [-0.2, 0) is 16.0 Å². The molecule has 0 aliphatic rings. The number of rotatable bonds is 4. The van der Waals surface area contributed by atoms with E-state index in [0.717, 1.165) is 23.4 Å². The van der Waals surface area contributed by atoms with Crippen LogP contribution in [0.2, 0.25) is 5.02 Å². The average molecular weight is 227 g/mol. The van der Waals surface area contributed by atoms with E-state index in [4.69, 9.17) is 11.6 Å². The maximum absolute atomic E-state index is 10.9. The lowest BCUT2D eigenvalue weighted by molar-refractivity contribution is -0.140. The molecule has 0 aliphatic heterocycles. The Morgan fingerprint density at radius 3 is 2.80 bits per heavy atom. The molecule has 0 aromatic heterocycles. The number of aryl methyl sites for hydroxylation is 2. The Kier molecular flexibility index (Phi) is 4.63. The first-order chi connectivity index (χ1) is 7.13. The summed E-state index contributed by atoms with van der Waals surface area (Å²) < 4.78 is 4.57. The molecular weight excluding hydrogens is 212 g/mol. The second-order valence-corrected chi connectivity index (χ2v) is 3.92. The van der Waals surface area contributed by atoms with Gasteiger partial charge >= 0.3 is 5.97 Å². The number of esters is 1. The maximum atomic E-state index is 10.9. The summed E-state index contributed by atoms with van der Waals surface area (Å²) in [6, 6.07) is 5.94. The fourth-order valence-electron chi connectivity index (χ4n) is 1.40. The molecule has 1 aromatic carbocycles. The predicted octanol–water partition coefficient (Wildman–Crippen LogP) is 3.14. The molecule has 0 fully saturated rings. The molecule has 0 saturated heterocycles. The predicted molar refractivity (Wildman–Crippen MR) is 61.1 cm³/mol. The van der Waals surface area contributed by atoms with Gasteiger partial charge in [-0.25, -0.2) is 0 Å². The van der Waals surface area contributed by atoms with Gasteiger partial charge in [-0.1, -0.05) is 23.7 Å². The molecule has 0 bridgehead atoms. The second-order valence-electron chi connectivity index (χ2n) is 3.51. The summed E-state index contributed by atoms with van der Waals surface area (Å²) in [7, 11) is 1.41. The molecular formula is C12H15ClO2. The van der Waals surface area contributed by atoms with Crippen molar-refractivity contribution in [1.29, 1.82) is 0 Å². The first kappa shape index (κ1) is 12.1. The number of hydrogen-bond donors (Lipinski definition) is 0. The van der Waals surface area contributed by atoms with Crippen molar-refractivity contribution in [2.45, 2.75) is 26.2 Å². The molecule has 0 radical (unpaired) electrons. The highest BCUT2D eigenvalue weighted by atomic mass is 35.5. The van der Waals surface area contributed by atoms with E-state index >= 15 is 0 Å². The van der Waals surface area contributed by atoms with E-state index in [1.165, 1.54) is 12.7 Å². The normalized spacial score (nSPS) is 10.1. The third kappa shape index (κ3) is 3.92. The summed E-state index contributed by atoms with van der Waals surface area (Å²) in [6.07, 6.45) is 2.17. The van der Waals surface area contributed by atoms with Crippen LogP contribution in [0.15, 0.2) is 18.2 Å². The van der Waals surface area contributed by atoms with E-state index in [-0.39, 0.29) is 5.97 Å². The van der Waals surface area contributed by atoms with Crippen LogP contribution in [0.25, 0.3) is 0 Å². The SMILES string of the molecule is COC(=O)CCCc1ccc(Cl)c(C)c1. The lowest BCUT2D eigenvalue weighted by Crippen LogP contribution is -2.00. The number of hydrogen-bond acceptors (Lipinski definition) is 2. The van der Waals surface area contributed by atoms with Crippen LogP contribution in [0, 0.1) is 6.92 Å². The first-order valence-electron chi connectivity index (χ1n) is 4.95. The molecule has 1 rings (SSSR count). The number of carbonyl (C=O) groups excluding carboxylic acids is 1. The molecule has 15 heavy (non-hydrogen) atoms.